The number of hydrogen-bond donors (Lipinski definition) is 2. The molecule has 2 unspecified atom stereocenters. The van der Waals surface area contributed by atoms with Gasteiger partial charge in [0.2, 0.25) is 0 Å². The summed E-state index contributed by atoms with van der Waals surface area (Å²) in [6, 6.07) is 4.64. The molecular formula is C15H21NO3. The minimum Gasteiger partial charge on any atom is -0.488 e. The van der Waals surface area contributed by atoms with Crippen molar-refractivity contribution in [2.45, 2.75) is 39.2 Å². The summed E-state index contributed by atoms with van der Waals surface area (Å²) in [6.45, 7) is 4.48. The highest BCUT2D eigenvalue weighted by Crippen LogP contribution is 2.33. The van der Waals surface area contributed by atoms with E-state index in [0.29, 0.717) is 23.3 Å². The van der Waals surface area contributed by atoms with Gasteiger partial charge in [0.05, 0.1) is 17.4 Å². The molecule has 0 aliphatic heterocycles. The van der Waals surface area contributed by atoms with Crippen molar-refractivity contribution < 1.29 is 14.6 Å². The number of rotatable bonds is 3. The first-order valence-corrected chi connectivity index (χ1v) is 6.75. The molecule has 0 amide bonds. The first-order valence-electron chi connectivity index (χ1n) is 6.75. The molecule has 3 N–H and O–H groups in total. The molecule has 1 aliphatic carbocycles. The molecular weight excluding hydrogens is 242 g/mol. The Morgan fingerprint density at radius 3 is 2.42 bits per heavy atom. The molecule has 104 valence electrons. The highest BCUT2D eigenvalue weighted by molar-refractivity contribution is 5.89. The molecule has 0 aromatic heterocycles. The maximum absolute atomic E-state index is 10.8. The van der Waals surface area contributed by atoms with Crippen molar-refractivity contribution in [3.8, 4) is 5.75 Å². The van der Waals surface area contributed by atoms with E-state index in [1.807, 2.05) is 0 Å². The molecule has 2 rings (SSSR count). The van der Waals surface area contributed by atoms with Gasteiger partial charge in [-0.05, 0) is 49.3 Å². The standard InChI is InChI=1S/C15H21NO3/c1-9-5-10(2)7-12(6-9)19-14-4-3-11(15(17)18)8-13(14)16/h3-4,8-10,12H,5-7,16H2,1-2H3,(H,17,18). The first-order chi connectivity index (χ1) is 8.95. The van der Waals surface area contributed by atoms with E-state index in [1.165, 1.54) is 18.6 Å². The maximum Gasteiger partial charge on any atom is 0.335 e. The Bertz CT molecular complexity index is 462. The zero-order valence-corrected chi connectivity index (χ0v) is 11.4. The normalized spacial score (nSPS) is 26.9. The van der Waals surface area contributed by atoms with Crippen LogP contribution in [0, 0.1) is 11.8 Å². The van der Waals surface area contributed by atoms with E-state index in [1.54, 1.807) is 6.07 Å². The summed E-state index contributed by atoms with van der Waals surface area (Å²) in [6.07, 6.45) is 3.49. The molecule has 0 bridgehead atoms. The smallest absolute Gasteiger partial charge is 0.335 e. The third-order valence-electron chi connectivity index (χ3n) is 3.69. The summed E-state index contributed by atoms with van der Waals surface area (Å²) in [5.74, 6) is 0.941. The van der Waals surface area contributed by atoms with E-state index < -0.39 is 5.97 Å². The van der Waals surface area contributed by atoms with Crippen LogP contribution in [0.25, 0.3) is 0 Å². The van der Waals surface area contributed by atoms with Crippen LogP contribution in [-0.2, 0) is 0 Å². The number of hydrogen-bond acceptors (Lipinski definition) is 3. The van der Waals surface area contributed by atoms with Crippen LogP contribution in [0.15, 0.2) is 18.2 Å². The van der Waals surface area contributed by atoms with Crippen LogP contribution in [0.4, 0.5) is 5.69 Å². The van der Waals surface area contributed by atoms with E-state index in [9.17, 15) is 4.79 Å². The second-order valence-electron chi connectivity index (χ2n) is 5.72. The molecule has 4 heteroatoms. The molecule has 1 aliphatic rings. The number of nitrogens with two attached hydrogens (primary N) is 1. The van der Waals surface area contributed by atoms with Crippen LogP contribution in [0.2, 0.25) is 0 Å². The van der Waals surface area contributed by atoms with Crippen molar-refractivity contribution in [2.75, 3.05) is 5.73 Å². The summed E-state index contributed by atoms with van der Waals surface area (Å²) >= 11 is 0. The minimum atomic E-state index is -0.974. The zero-order chi connectivity index (χ0) is 14.0. The van der Waals surface area contributed by atoms with Crippen LogP contribution in [0.5, 0.6) is 5.75 Å². The van der Waals surface area contributed by atoms with Crippen molar-refractivity contribution in [1.29, 1.82) is 0 Å². The Balaban J connectivity index is 2.08. The molecule has 0 saturated heterocycles. The summed E-state index contributed by atoms with van der Waals surface area (Å²) in [4.78, 5) is 10.8. The summed E-state index contributed by atoms with van der Waals surface area (Å²) in [5.41, 5.74) is 6.44. The third kappa shape index (κ3) is 3.40. The lowest BCUT2D eigenvalue weighted by Crippen LogP contribution is -2.28. The lowest BCUT2D eigenvalue weighted by Gasteiger charge is -2.32. The van der Waals surface area contributed by atoms with Crippen molar-refractivity contribution >= 4 is 11.7 Å². The zero-order valence-electron chi connectivity index (χ0n) is 11.4. The Hall–Kier alpha value is -1.71. The summed E-state index contributed by atoms with van der Waals surface area (Å²) in [7, 11) is 0. The summed E-state index contributed by atoms with van der Waals surface area (Å²) < 4.78 is 5.94. The fourth-order valence-corrected chi connectivity index (χ4v) is 2.94. The quantitative estimate of drug-likeness (QED) is 0.821. The van der Waals surface area contributed by atoms with Gasteiger partial charge in [0, 0.05) is 0 Å². The number of ether oxygens (including phenoxy) is 1. The fourth-order valence-electron chi connectivity index (χ4n) is 2.94. The molecule has 0 radical (unpaired) electrons. The number of carboxylic acid groups (broad SMARTS) is 1. The van der Waals surface area contributed by atoms with E-state index in [4.69, 9.17) is 15.6 Å². The average molecular weight is 263 g/mol. The molecule has 1 aromatic rings. The van der Waals surface area contributed by atoms with Crippen molar-refractivity contribution in [1.82, 2.24) is 0 Å². The second kappa shape index (κ2) is 5.51. The Morgan fingerprint density at radius 2 is 1.89 bits per heavy atom. The average Bonchev–Trinajstić information content (AvgIpc) is 2.30. The molecule has 1 fully saturated rings. The predicted molar refractivity (Wildman–Crippen MR) is 74.4 cm³/mol. The van der Waals surface area contributed by atoms with E-state index in [2.05, 4.69) is 13.8 Å². The second-order valence-corrected chi connectivity index (χ2v) is 5.72. The molecule has 19 heavy (non-hydrogen) atoms. The Kier molecular flexibility index (Phi) is 3.98. The first kappa shape index (κ1) is 13.7. The maximum atomic E-state index is 10.8. The monoisotopic (exact) mass is 263 g/mol. The van der Waals surface area contributed by atoms with Crippen molar-refractivity contribution in [3.63, 3.8) is 0 Å². The van der Waals surface area contributed by atoms with Gasteiger partial charge in [-0.3, -0.25) is 0 Å². The Morgan fingerprint density at radius 1 is 1.26 bits per heavy atom. The number of carboxylic acids is 1. The van der Waals surface area contributed by atoms with E-state index in [-0.39, 0.29) is 11.7 Å². The number of carbonyl (C=O) groups is 1. The van der Waals surface area contributed by atoms with Crippen molar-refractivity contribution in [3.05, 3.63) is 23.8 Å². The molecule has 1 aromatic carbocycles. The minimum absolute atomic E-state index is 0.178. The van der Waals surface area contributed by atoms with E-state index >= 15 is 0 Å². The number of anilines is 1. The van der Waals surface area contributed by atoms with Crippen LogP contribution in [-0.4, -0.2) is 17.2 Å². The lowest BCUT2D eigenvalue weighted by molar-refractivity contribution is 0.0697. The van der Waals surface area contributed by atoms with Gasteiger partial charge in [-0.1, -0.05) is 13.8 Å². The van der Waals surface area contributed by atoms with Crippen LogP contribution < -0.4 is 10.5 Å². The molecule has 0 heterocycles. The largest absolute Gasteiger partial charge is 0.488 e. The topological polar surface area (TPSA) is 72.5 Å². The van der Waals surface area contributed by atoms with Crippen molar-refractivity contribution in [2.24, 2.45) is 11.8 Å². The van der Waals surface area contributed by atoms with Gasteiger partial charge in [0.25, 0.3) is 0 Å². The number of aromatic carboxylic acids is 1. The van der Waals surface area contributed by atoms with E-state index in [0.717, 1.165) is 12.8 Å². The van der Waals surface area contributed by atoms with Crippen LogP contribution in [0.1, 0.15) is 43.5 Å². The number of nitrogen functional groups attached to an aromatic ring is 1. The SMILES string of the molecule is CC1CC(C)CC(Oc2ccc(C(=O)O)cc2N)C1. The van der Waals surface area contributed by atoms with Gasteiger partial charge < -0.3 is 15.6 Å². The van der Waals surface area contributed by atoms with Gasteiger partial charge >= 0.3 is 5.97 Å². The molecule has 1 saturated carbocycles. The third-order valence-corrected chi connectivity index (χ3v) is 3.69. The lowest BCUT2D eigenvalue weighted by atomic mass is 9.82. The molecule has 2 atom stereocenters. The Labute approximate surface area is 113 Å². The fraction of sp³-hybridized carbons (Fsp3) is 0.533. The molecule has 4 nitrogen and oxygen atoms in total. The summed E-state index contributed by atoms with van der Waals surface area (Å²) in [5, 5.41) is 8.89. The molecule has 0 spiro atoms. The highest BCUT2D eigenvalue weighted by atomic mass is 16.5. The van der Waals surface area contributed by atoms with Crippen LogP contribution in [0.3, 0.4) is 0 Å². The predicted octanol–water partition coefficient (Wildman–Crippen LogP) is 3.17. The van der Waals surface area contributed by atoms with Gasteiger partial charge in [0.15, 0.2) is 0 Å². The van der Waals surface area contributed by atoms with Gasteiger partial charge in [0.1, 0.15) is 5.75 Å². The number of benzene rings is 1. The van der Waals surface area contributed by atoms with Crippen LogP contribution >= 0.6 is 0 Å². The highest BCUT2D eigenvalue weighted by Gasteiger charge is 2.25. The van der Waals surface area contributed by atoms with Gasteiger partial charge in [-0.2, -0.15) is 0 Å². The van der Waals surface area contributed by atoms with Gasteiger partial charge in [-0.15, -0.1) is 0 Å². The van der Waals surface area contributed by atoms with Gasteiger partial charge in [-0.25, -0.2) is 4.79 Å².